The second-order valence-electron chi connectivity index (χ2n) is 4.70. The summed E-state index contributed by atoms with van der Waals surface area (Å²) in [5.41, 5.74) is 0.178. The lowest BCUT2D eigenvalue weighted by Crippen LogP contribution is -2.05. The van der Waals surface area contributed by atoms with Gasteiger partial charge in [-0.05, 0) is 30.3 Å². The first kappa shape index (κ1) is 14.3. The first-order valence-corrected chi connectivity index (χ1v) is 6.43. The van der Waals surface area contributed by atoms with Crippen molar-refractivity contribution in [3.05, 3.63) is 66.1 Å². The smallest absolute Gasteiger partial charge is 0.355 e. The highest BCUT2D eigenvalue weighted by atomic mass is 19.4. The third kappa shape index (κ3) is 2.72. The van der Waals surface area contributed by atoms with Gasteiger partial charge in [-0.15, -0.1) is 0 Å². The fourth-order valence-electron chi connectivity index (χ4n) is 2.18. The van der Waals surface area contributed by atoms with Crippen molar-refractivity contribution >= 4 is 22.3 Å². The molecule has 1 heterocycles. The molecule has 0 radical (unpaired) electrons. The number of fused-ring (bicyclic) bond motifs is 1. The Balaban J connectivity index is 2.02. The number of halogens is 4. The number of anilines is 2. The topological polar surface area (TPSA) is 24.9 Å². The quantitative estimate of drug-likeness (QED) is 0.663. The van der Waals surface area contributed by atoms with Gasteiger partial charge >= 0.3 is 6.18 Å². The summed E-state index contributed by atoms with van der Waals surface area (Å²) in [5, 5.41) is 3.38. The number of aromatic nitrogens is 1. The van der Waals surface area contributed by atoms with Gasteiger partial charge in [-0.3, -0.25) is 4.98 Å². The average Bonchev–Trinajstić information content (AvgIpc) is 2.48. The van der Waals surface area contributed by atoms with E-state index in [0.29, 0.717) is 11.1 Å². The molecule has 0 fully saturated rings. The van der Waals surface area contributed by atoms with Crippen molar-refractivity contribution in [1.82, 2.24) is 4.98 Å². The van der Waals surface area contributed by atoms with Crippen LogP contribution in [0, 0.1) is 5.82 Å². The normalized spacial score (nSPS) is 11.6. The van der Waals surface area contributed by atoms with E-state index in [4.69, 9.17) is 0 Å². The molecule has 1 N–H and O–H groups in total. The van der Waals surface area contributed by atoms with Crippen LogP contribution in [0.15, 0.2) is 54.7 Å². The van der Waals surface area contributed by atoms with E-state index in [2.05, 4.69) is 10.3 Å². The standard InChI is InChI=1S/C16H10F4N2/c17-13-6-2-5-12-14(7-8-21-15(12)13)22-11-4-1-3-10(9-11)16(18,19)20/h1-9H,(H,21,22). The fraction of sp³-hybridized carbons (Fsp3) is 0.0625. The van der Waals surface area contributed by atoms with Crippen molar-refractivity contribution in [2.75, 3.05) is 5.32 Å². The lowest BCUT2D eigenvalue weighted by atomic mass is 10.1. The summed E-state index contributed by atoms with van der Waals surface area (Å²) in [4.78, 5) is 3.94. The first-order valence-electron chi connectivity index (χ1n) is 6.43. The van der Waals surface area contributed by atoms with Crippen LogP contribution in [0.25, 0.3) is 10.9 Å². The number of para-hydroxylation sites is 1. The zero-order valence-corrected chi connectivity index (χ0v) is 11.2. The second kappa shape index (κ2) is 5.29. The van der Waals surface area contributed by atoms with Crippen LogP contribution in [0.1, 0.15) is 5.56 Å². The van der Waals surface area contributed by atoms with Crippen molar-refractivity contribution in [2.45, 2.75) is 6.18 Å². The summed E-state index contributed by atoms with van der Waals surface area (Å²) >= 11 is 0. The Morgan fingerprint density at radius 1 is 0.955 bits per heavy atom. The van der Waals surface area contributed by atoms with E-state index in [-0.39, 0.29) is 11.2 Å². The molecule has 0 amide bonds. The number of pyridine rings is 1. The Labute approximate surface area is 123 Å². The molecule has 2 aromatic carbocycles. The number of rotatable bonds is 2. The summed E-state index contributed by atoms with van der Waals surface area (Å²) in [6.45, 7) is 0. The van der Waals surface area contributed by atoms with Crippen LogP contribution in [-0.2, 0) is 6.18 Å². The summed E-state index contributed by atoms with van der Waals surface area (Å²) in [5.74, 6) is -0.481. The molecule has 22 heavy (non-hydrogen) atoms. The van der Waals surface area contributed by atoms with Crippen molar-refractivity contribution in [2.24, 2.45) is 0 Å². The van der Waals surface area contributed by atoms with E-state index in [9.17, 15) is 17.6 Å². The van der Waals surface area contributed by atoms with Crippen LogP contribution < -0.4 is 5.32 Å². The van der Waals surface area contributed by atoms with Crippen LogP contribution in [0.3, 0.4) is 0 Å². The van der Waals surface area contributed by atoms with Crippen molar-refractivity contribution < 1.29 is 17.6 Å². The number of nitrogens with zero attached hydrogens (tertiary/aromatic N) is 1. The highest BCUT2D eigenvalue weighted by Crippen LogP contribution is 2.32. The molecule has 0 unspecified atom stereocenters. The first-order chi connectivity index (χ1) is 10.4. The Bertz CT molecular complexity index is 828. The van der Waals surface area contributed by atoms with Crippen LogP contribution in [-0.4, -0.2) is 4.98 Å². The van der Waals surface area contributed by atoms with E-state index in [1.54, 1.807) is 12.1 Å². The van der Waals surface area contributed by atoms with Gasteiger partial charge in [0.25, 0.3) is 0 Å². The molecule has 0 spiro atoms. The predicted octanol–water partition coefficient (Wildman–Crippen LogP) is 5.14. The Hall–Kier alpha value is -2.63. The maximum absolute atomic E-state index is 13.7. The van der Waals surface area contributed by atoms with Gasteiger partial charge in [0.1, 0.15) is 11.3 Å². The van der Waals surface area contributed by atoms with E-state index < -0.39 is 17.6 Å². The van der Waals surface area contributed by atoms with Crippen LogP contribution in [0.5, 0.6) is 0 Å². The van der Waals surface area contributed by atoms with Gasteiger partial charge < -0.3 is 5.32 Å². The van der Waals surface area contributed by atoms with Crippen LogP contribution >= 0.6 is 0 Å². The van der Waals surface area contributed by atoms with Gasteiger partial charge in [-0.2, -0.15) is 13.2 Å². The molecule has 0 bridgehead atoms. The largest absolute Gasteiger partial charge is 0.416 e. The third-order valence-electron chi connectivity index (χ3n) is 3.19. The summed E-state index contributed by atoms with van der Waals surface area (Å²) in [7, 11) is 0. The molecule has 0 aliphatic rings. The number of hydrogen-bond donors (Lipinski definition) is 1. The van der Waals surface area contributed by atoms with Gasteiger partial charge in [0.15, 0.2) is 0 Å². The maximum atomic E-state index is 13.7. The molecule has 3 aromatic rings. The molecular weight excluding hydrogens is 296 g/mol. The third-order valence-corrected chi connectivity index (χ3v) is 3.19. The number of alkyl halides is 3. The minimum absolute atomic E-state index is 0.166. The molecule has 0 aliphatic heterocycles. The van der Waals surface area contributed by atoms with E-state index >= 15 is 0 Å². The van der Waals surface area contributed by atoms with E-state index in [1.165, 1.54) is 30.5 Å². The molecule has 3 rings (SSSR count). The van der Waals surface area contributed by atoms with Crippen molar-refractivity contribution in [1.29, 1.82) is 0 Å². The molecular formula is C16H10F4N2. The molecule has 0 atom stereocenters. The van der Waals surface area contributed by atoms with Crippen LogP contribution in [0.4, 0.5) is 28.9 Å². The number of benzene rings is 2. The van der Waals surface area contributed by atoms with E-state index in [1.807, 2.05) is 0 Å². The highest BCUT2D eigenvalue weighted by molar-refractivity contribution is 5.93. The number of nitrogens with one attached hydrogen (secondary N) is 1. The monoisotopic (exact) mass is 306 g/mol. The Morgan fingerprint density at radius 2 is 1.73 bits per heavy atom. The average molecular weight is 306 g/mol. The number of hydrogen-bond acceptors (Lipinski definition) is 2. The van der Waals surface area contributed by atoms with E-state index in [0.717, 1.165) is 12.1 Å². The Morgan fingerprint density at radius 3 is 2.50 bits per heavy atom. The minimum Gasteiger partial charge on any atom is -0.355 e. The Kier molecular flexibility index (Phi) is 3.44. The predicted molar refractivity (Wildman–Crippen MR) is 76.4 cm³/mol. The summed E-state index contributed by atoms with van der Waals surface area (Å²) in [6.07, 6.45) is -3.01. The van der Waals surface area contributed by atoms with Crippen molar-refractivity contribution in [3.63, 3.8) is 0 Å². The molecule has 6 heteroatoms. The van der Waals surface area contributed by atoms with Crippen LogP contribution in [0.2, 0.25) is 0 Å². The maximum Gasteiger partial charge on any atom is 0.416 e. The molecule has 0 aliphatic carbocycles. The van der Waals surface area contributed by atoms with Gasteiger partial charge in [0, 0.05) is 23.0 Å². The van der Waals surface area contributed by atoms with Gasteiger partial charge in [-0.1, -0.05) is 18.2 Å². The highest BCUT2D eigenvalue weighted by Gasteiger charge is 2.30. The SMILES string of the molecule is Fc1cccc2c(Nc3cccc(C(F)(F)F)c3)ccnc12. The van der Waals surface area contributed by atoms with Gasteiger partial charge in [0.2, 0.25) is 0 Å². The summed E-state index contributed by atoms with van der Waals surface area (Å²) < 4.78 is 51.9. The van der Waals surface area contributed by atoms with Gasteiger partial charge in [0.05, 0.1) is 5.56 Å². The van der Waals surface area contributed by atoms with Gasteiger partial charge in [-0.25, -0.2) is 4.39 Å². The lowest BCUT2D eigenvalue weighted by Gasteiger charge is -2.12. The molecule has 1 aromatic heterocycles. The zero-order valence-electron chi connectivity index (χ0n) is 11.2. The lowest BCUT2D eigenvalue weighted by molar-refractivity contribution is -0.137. The zero-order chi connectivity index (χ0) is 15.7. The molecule has 0 saturated heterocycles. The summed E-state index contributed by atoms with van der Waals surface area (Å²) in [6, 6.07) is 10.9. The molecule has 112 valence electrons. The fourth-order valence-corrected chi connectivity index (χ4v) is 2.18. The minimum atomic E-state index is -4.41. The second-order valence-corrected chi connectivity index (χ2v) is 4.70. The van der Waals surface area contributed by atoms with Crippen molar-refractivity contribution in [3.8, 4) is 0 Å². The molecule has 0 saturated carbocycles. The molecule has 2 nitrogen and oxygen atoms in total.